The van der Waals surface area contributed by atoms with Crippen molar-refractivity contribution in [1.29, 1.82) is 0 Å². The van der Waals surface area contributed by atoms with Crippen LogP contribution in [0.1, 0.15) is 27.9 Å². The third kappa shape index (κ3) is 3.50. The third-order valence-electron chi connectivity index (χ3n) is 5.32. The maximum Gasteiger partial charge on any atom is 0.123 e. The number of nitrogens with zero attached hydrogens (tertiary/aromatic N) is 2. The molecule has 0 radical (unpaired) electrons. The van der Waals surface area contributed by atoms with Crippen LogP contribution < -0.4 is 5.32 Å². The molecule has 0 aliphatic rings. The fourth-order valence-electron chi connectivity index (χ4n) is 3.68. The number of halogens is 1. The molecule has 0 spiro atoms. The Morgan fingerprint density at radius 3 is 2.50 bits per heavy atom. The van der Waals surface area contributed by atoms with Gasteiger partial charge in [0.25, 0.3) is 0 Å². The van der Waals surface area contributed by atoms with Crippen LogP contribution in [0.5, 0.6) is 0 Å². The molecule has 4 aromatic rings. The van der Waals surface area contributed by atoms with E-state index in [1.807, 2.05) is 24.4 Å². The summed E-state index contributed by atoms with van der Waals surface area (Å²) in [5.74, 6) is -0.215. The molecular formula is C24H24FN3. The van der Waals surface area contributed by atoms with E-state index in [9.17, 15) is 4.39 Å². The Bertz CT molecular complexity index is 1130. The lowest BCUT2D eigenvalue weighted by Crippen LogP contribution is -2.06. The van der Waals surface area contributed by atoms with E-state index in [-0.39, 0.29) is 5.82 Å². The van der Waals surface area contributed by atoms with Crippen LogP contribution in [0.2, 0.25) is 0 Å². The van der Waals surface area contributed by atoms with Crippen molar-refractivity contribution in [3.63, 3.8) is 0 Å². The van der Waals surface area contributed by atoms with Gasteiger partial charge in [-0.2, -0.15) is 0 Å². The number of fused-ring (bicyclic) bond motifs is 1. The maximum absolute atomic E-state index is 13.2. The lowest BCUT2D eigenvalue weighted by Gasteiger charge is -2.13. The summed E-state index contributed by atoms with van der Waals surface area (Å²) in [4.78, 5) is 4.64. The van der Waals surface area contributed by atoms with Crippen molar-refractivity contribution in [3.8, 4) is 0 Å². The molecule has 4 heteroatoms. The minimum absolute atomic E-state index is 0.215. The SMILES string of the molecule is Cc1cccc(Cn2c(C)c(C)c3nccc(NCc4ccc(F)cc4)c32)c1. The molecule has 28 heavy (non-hydrogen) atoms. The topological polar surface area (TPSA) is 29.9 Å². The number of aromatic nitrogens is 2. The van der Waals surface area contributed by atoms with Crippen LogP contribution in [-0.4, -0.2) is 9.55 Å². The third-order valence-corrected chi connectivity index (χ3v) is 5.32. The maximum atomic E-state index is 13.2. The number of aryl methyl sites for hydroxylation is 2. The minimum atomic E-state index is -0.215. The summed E-state index contributed by atoms with van der Waals surface area (Å²) in [6.45, 7) is 7.83. The molecule has 0 aliphatic heterocycles. The van der Waals surface area contributed by atoms with Crippen LogP contribution in [0.4, 0.5) is 10.1 Å². The molecular weight excluding hydrogens is 349 g/mol. The van der Waals surface area contributed by atoms with Gasteiger partial charge in [0.15, 0.2) is 0 Å². The highest BCUT2D eigenvalue weighted by molar-refractivity contribution is 5.92. The molecule has 0 bridgehead atoms. The summed E-state index contributed by atoms with van der Waals surface area (Å²) >= 11 is 0. The van der Waals surface area contributed by atoms with Crippen LogP contribution in [-0.2, 0) is 13.1 Å². The Morgan fingerprint density at radius 1 is 0.964 bits per heavy atom. The zero-order chi connectivity index (χ0) is 19.7. The Balaban J connectivity index is 1.72. The van der Waals surface area contributed by atoms with Crippen LogP contribution in [0.15, 0.2) is 60.8 Å². The molecule has 2 heterocycles. The highest BCUT2D eigenvalue weighted by Crippen LogP contribution is 2.30. The second kappa shape index (κ2) is 7.47. The summed E-state index contributed by atoms with van der Waals surface area (Å²) < 4.78 is 15.5. The van der Waals surface area contributed by atoms with Gasteiger partial charge in [0, 0.05) is 25.0 Å². The molecule has 1 N–H and O–H groups in total. The number of nitrogens with one attached hydrogen (secondary N) is 1. The average Bonchev–Trinajstić information content (AvgIpc) is 2.93. The van der Waals surface area contributed by atoms with E-state index in [1.54, 1.807) is 0 Å². The van der Waals surface area contributed by atoms with Gasteiger partial charge in [-0.3, -0.25) is 4.98 Å². The lowest BCUT2D eigenvalue weighted by atomic mass is 10.1. The smallest absolute Gasteiger partial charge is 0.123 e. The fourth-order valence-corrected chi connectivity index (χ4v) is 3.68. The molecule has 2 aromatic heterocycles. The van der Waals surface area contributed by atoms with Crippen LogP contribution in [0.25, 0.3) is 11.0 Å². The normalized spacial score (nSPS) is 11.1. The molecule has 0 unspecified atom stereocenters. The van der Waals surface area contributed by atoms with Crippen molar-refractivity contribution in [3.05, 3.63) is 94.6 Å². The molecule has 0 atom stereocenters. The van der Waals surface area contributed by atoms with Crippen molar-refractivity contribution >= 4 is 16.7 Å². The first-order valence-corrected chi connectivity index (χ1v) is 9.51. The number of anilines is 1. The van der Waals surface area contributed by atoms with Crippen molar-refractivity contribution in [2.45, 2.75) is 33.9 Å². The van der Waals surface area contributed by atoms with E-state index < -0.39 is 0 Å². The predicted octanol–water partition coefficient (Wildman–Crippen LogP) is 5.76. The number of hydrogen-bond donors (Lipinski definition) is 1. The Kier molecular flexibility index (Phi) is 4.86. The van der Waals surface area contributed by atoms with E-state index in [0.717, 1.165) is 28.8 Å². The van der Waals surface area contributed by atoms with Crippen LogP contribution >= 0.6 is 0 Å². The predicted molar refractivity (Wildman–Crippen MR) is 113 cm³/mol. The van der Waals surface area contributed by atoms with Crippen molar-refractivity contribution < 1.29 is 4.39 Å². The van der Waals surface area contributed by atoms with Gasteiger partial charge in [-0.15, -0.1) is 0 Å². The Hall–Kier alpha value is -3.14. The summed E-state index contributed by atoms with van der Waals surface area (Å²) in [6.07, 6.45) is 1.85. The second-order valence-electron chi connectivity index (χ2n) is 7.32. The zero-order valence-corrected chi connectivity index (χ0v) is 16.5. The molecule has 2 aromatic carbocycles. The van der Waals surface area contributed by atoms with Gasteiger partial charge < -0.3 is 9.88 Å². The first-order valence-electron chi connectivity index (χ1n) is 9.51. The molecule has 142 valence electrons. The molecule has 0 fully saturated rings. The van der Waals surface area contributed by atoms with Gasteiger partial charge in [0.2, 0.25) is 0 Å². The highest BCUT2D eigenvalue weighted by atomic mass is 19.1. The largest absolute Gasteiger partial charge is 0.379 e. The molecule has 3 nitrogen and oxygen atoms in total. The van der Waals surface area contributed by atoms with Crippen molar-refractivity contribution in [2.75, 3.05) is 5.32 Å². The van der Waals surface area contributed by atoms with Crippen molar-refractivity contribution in [2.24, 2.45) is 0 Å². The number of rotatable bonds is 5. The summed E-state index contributed by atoms with van der Waals surface area (Å²) in [5, 5.41) is 3.52. The number of pyridine rings is 1. The molecule has 0 amide bonds. The molecule has 4 rings (SSSR count). The van der Waals surface area contributed by atoms with Gasteiger partial charge in [0.1, 0.15) is 5.82 Å². The summed E-state index contributed by atoms with van der Waals surface area (Å²) in [5.41, 5.74) is 9.17. The number of benzene rings is 2. The highest BCUT2D eigenvalue weighted by Gasteiger charge is 2.16. The first-order chi connectivity index (χ1) is 13.5. The van der Waals surface area contributed by atoms with Gasteiger partial charge in [-0.1, -0.05) is 42.0 Å². The monoisotopic (exact) mass is 373 g/mol. The Morgan fingerprint density at radius 2 is 1.75 bits per heavy atom. The lowest BCUT2D eigenvalue weighted by molar-refractivity contribution is 0.627. The fraction of sp³-hybridized carbons (Fsp3) is 0.208. The van der Waals surface area contributed by atoms with Gasteiger partial charge >= 0.3 is 0 Å². The van der Waals surface area contributed by atoms with E-state index in [0.29, 0.717) is 6.54 Å². The average molecular weight is 373 g/mol. The van der Waals surface area contributed by atoms with Gasteiger partial charge in [0.05, 0.1) is 16.7 Å². The van der Waals surface area contributed by atoms with E-state index >= 15 is 0 Å². The second-order valence-corrected chi connectivity index (χ2v) is 7.32. The van der Waals surface area contributed by atoms with Crippen LogP contribution in [0, 0.1) is 26.6 Å². The summed E-state index contributed by atoms with van der Waals surface area (Å²) in [6, 6.07) is 17.2. The van der Waals surface area contributed by atoms with E-state index in [4.69, 9.17) is 0 Å². The zero-order valence-electron chi connectivity index (χ0n) is 16.5. The Labute approximate surface area is 164 Å². The van der Waals surface area contributed by atoms with Crippen molar-refractivity contribution in [1.82, 2.24) is 9.55 Å². The van der Waals surface area contributed by atoms with Crippen LogP contribution in [0.3, 0.4) is 0 Å². The standard InChI is InChI=1S/C24H24FN3/c1-16-5-4-6-20(13-16)15-28-18(3)17(2)23-24(28)22(11-12-26-23)27-14-19-7-9-21(25)10-8-19/h4-13H,14-15H2,1-3H3,(H,26,27). The molecule has 0 saturated carbocycles. The molecule has 0 saturated heterocycles. The van der Waals surface area contributed by atoms with Gasteiger partial charge in [-0.05, 0) is 55.7 Å². The quantitative estimate of drug-likeness (QED) is 0.482. The first kappa shape index (κ1) is 18.2. The molecule has 0 aliphatic carbocycles. The van der Waals surface area contributed by atoms with E-state index in [1.165, 1.54) is 34.5 Å². The van der Waals surface area contributed by atoms with E-state index in [2.05, 4.69) is 59.9 Å². The summed E-state index contributed by atoms with van der Waals surface area (Å²) in [7, 11) is 0. The van der Waals surface area contributed by atoms with Gasteiger partial charge in [-0.25, -0.2) is 4.39 Å². The number of hydrogen-bond acceptors (Lipinski definition) is 2. The minimum Gasteiger partial charge on any atom is -0.379 e.